The molecule has 0 saturated heterocycles. The van der Waals surface area contributed by atoms with Crippen molar-refractivity contribution in [1.82, 2.24) is 0 Å². The number of esters is 3. The highest BCUT2D eigenvalue weighted by Crippen LogP contribution is 2.42. The molecule has 0 saturated carbocycles. The molecular weight excluding hydrogens is 374 g/mol. The van der Waals surface area contributed by atoms with Crippen LogP contribution in [0.2, 0.25) is 0 Å². The van der Waals surface area contributed by atoms with Gasteiger partial charge in [-0.15, -0.1) is 0 Å². The molecule has 7 nitrogen and oxygen atoms in total. The van der Waals surface area contributed by atoms with Crippen LogP contribution in [-0.2, 0) is 23.9 Å². The summed E-state index contributed by atoms with van der Waals surface area (Å²) in [7, 11) is 2.55. The van der Waals surface area contributed by atoms with Crippen molar-refractivity contribution in [3.8, 4) is 5.75 Å². The second-order valence-electron chi connectivity index (χ2n) is 6.54. The van der Waals surface area contributed by atoms with Crippen molar-refractivity contribution in [1.29, 1.82) is 0 Å². The number of aliphatic imine (C=N–C) groups is 1. The molecule has 0 aromatic heterocycles. The van der Waals surface area contributed by atoms with Gasteiger partial charge < -0.3 is 14.2 Å². The number of carbonyl (C=O) groups excluding carboxylic acids is 3. The van der Waals surface area contributed by atoms with E-state index in [1.807, 2.05) is 30.3 Å². The van der Waals surface area contributed by atoms with E-state index in [2.05, 4.69) is 0 Å². The van der Waals surface area contributed by atoms with Crippen molar-refractivity contribution in [2.24, 2.45) is 16.8 Å². The van der Waals surface area contributed by atoms with E-state index in [1.54, 1.807) is 24.3 Å². The lowest BCUT2D eigenvalue weighted by Gasteiger charge is -2.21. The maximum Gasteiger partial charge on any atom is 0.315 e. The first-order valence-electron chi connectivity index (χ1n) is 9.03. The number of hydrogen-bond acceptors (Lipinski definition) is 7. The van der Waals surface area contributed by atoms with Crippen LogP contribution >= 0.6 is 0 Å². The van der Waals surface area contributed by atoms with Crippen LogP contribution in [0.1, 0.15) is 24.1 Å². The standard InChI is InChI=1S/C22H21NO6/c1-13(24)29-16-11-9-15(10-12-16)20-18(22(26)28-3)17(21(25)27-2)19(23-20)14-7-5-4-6-8-14/h4-12,17-19H,1-3H3/t17-,18-,19+/m0/s1. The van der Waals surface area contributed by atoms with Crippen molar-refractivity contribution in [2.45, 2.75) is 13.0 Å². The Hall–Kier alpha value is -3.48. The Morgan fingerprint density at radius 1 is 0.862 bits per heavy atom. The third kappa shape index (κ3) is 4.18. The minimum absolute atomic E-state index is 0.374. The Balaban J connectivity index is 2.07. The van der Waals surface area contributed by atoms with Gasteiger partial charge in [0.25, 0.3) is 0 Å². The first-order chi connectivity index (χ1) is 14.0. The number of nitrogens with zero attached hydrogens (tertiary/aromatic N) is 1. The molecule has 0 spiro atoms. The van der Waals surface area contributed by atoms with Crippen LogP contribution in [0.25, 0.3) is 0 Å². The molecule has 7 heteroatoms. The zero-order chi connectivity index (χ0) is 21.0. The lowest BCUT2D eigenvalue weighted by Crippen LogP contribution is -2.35. The van der Waals surface area contributed by atoms with Crippen LogP contribution in [0.3, 0.4) is 0 Å². The highest BCUT2D eigenvalue weighted by Gasteiger charge is 2.49. The summed E-state index contributed by atoms with van der Waals surface area (Å²) in [6.07, 6.45) is 0. The van der Waals surface area contributed by atoms with Crippen molar-refractivity contribution in [3.63, 3.8) is 0 Å². The van der Waals surface area contributed by atoms with Gasteiger partial charge in [-0.1, -0.05) is 30.3 Å². The second-order valence-corrected chi connectivity index (χ2v) is 6.54. The van der Waals surface area contributed by atoms with Crippen LogP contribution in [0, 0.1) is 11.8 Å². The van der Waals surface area contributed by atoms with E-state index in [0.29, 0.717) is 17.0 Å². The first-order valence-corrected chi connectivity index (χ1v) is 9.03. The Morgan fingerprint density at radius 2 is 1.48 bits per heavy atom. The Labute approximate surface area is 168 Å². The van der Waals surface area contributed by atoms with Crippen molar-refractivity contribution in [3.05, 3.63) is 65.7 Å². The quantitative estimate of drug-likeness (QED) is 0.571. The molecule has 1 aliphatic heterocycles. The molecule has 0 fully saturated rings. The van der Waals surface area contributed by atoms with Gasteiger partial charge in [0.2, 0.25) is 0 Å². The number of hydrogen-bond donors (Lipinski definition) is 0. The molecule has 2 aromatic carbocycles. The molecule has 0 radical (unpaired) electrons. The highest BCUT2D eigenvalue weighted by molar-refractivity contribution is 6.15. The van der Waals surface area contributed by atoms with Gasteiger partial charge >= 0.3 is 17.9 Å². The highest BCUT2D eigenvalue weighted by atomic mass is 16.5. The Kier molecular flexibility index (Phi) is 6.07. The van der Waals surface area contributed by atoms with Crippen molar-refractivity contribution < 1.29 is 28.6 Å². The molecular formula is C22H21NO6. The Bertz CT molecular complexity index is 936. The molecule has 29 heavy (non-hydrogen) atoms. The summed E-state index contributed by atoms with van der Waals surface area (Å²) < 4.78 is 15.0. The maximum atomic E-state index is 12.6. The molecule has 3 rings (SSSR count). The molecule has 1 aliphatic rings. The van der Waals surface area contributed by atoms with Gasteiger partial charge in [-0.05, 0) is 35.4 Å². The predicted molar refractivity (Wildman–Crippen MR) is 104 cm³/mol. The molecule has 0 bridgehead atoms. The summed E-state index contributed by atoms with van der Waals surface area (Å²) in [5, 5.41) is 0. The van der Waals surface area contributed by atoms with E-state index in [4.69, 9.17) is 19.2 Å². The SMILES string of the molecule is COC(=O)[C@@H]1C(c2ccc(OC(C)=O)cc2)=N[C@H](c2ccccc2)[C@H]1C(=O)OC. The summed E-state index contributed by atoms with van der Waals surface area (Å²) in [6.45, 7) is 1.31. The Morgan fingerprint density at radius 3 is 2.03 bits per heavy atom. The lowest BCUT2D eigenvalue weighted by molar-refractivity contribution is -0.154. The summed E-state index contributed by atoms with van der Waals surface area (Å²) in [5.74, 6) is -2.93. The van der Waals surface area contributed by atoms with Gasteiger partial charge in [0, 0.05) is 6.92 Å². The van der Waals surface area contributed by atoms with E-state index in [0.717, 1.165) is 5.56 Å². The average molecular weight is 395 g/mol. The summed E-state index contributed by atoms with van der Waals surface area (Å²) in [5.41, 5.74) is 1.85. The fourth-order valence-electron chi connectivity index (χ4n) is 3.49. The molecule has 0 unspecified atom stereocenters. The third-order valence-corrected chi connectivity index (χ3v) is 4.75. The zero-order valence-corrected chi connectivity index (χ0v) is 16.3. The summed E-state index contributed by atoms with van der Waals surface area (Å²) in [6, 6.07) is 15.3. The number of methoxy groups -OCH3 is 2. The molecule has 1 heterocycles. The molecule has 150 valence electrons. The van der Waals surface area contributed by atoms with Crippen LogP contribution in [-0.4, -0.2) is 37.8 Å². The number of benzene rings is 2. The molecule has 0 aliphatic carbocycles. The van der Waals surface area contributed by atoms with Gasteiger partial charge in [-0.2, -0.15) is 0 Å². The molecule has 0 amide bonds. The van der Waals surface area contributed by atoms with Crippen LogP contribution in [0.15, 0.2) is 59.6 Å². The van der Waals surface area contributed by atoms with Crippen LogP contribution in [0.5, 0.6) is 5.75 Å². The van der Waals surface area contributed by atoms with Gasteiger partial charge in [0.15, 0.2) is 0 Å². The third-order valence-electron chi connectivity index (χ3n) is 4.75. The number of ether oxygens (including phenoxy) is 3. The van der Waals surface area contributed by atoms with Gasteiger partial charge in [0.1, 0.15) is 17.6 Å². The summed E-state index contributed by atoms with van der Waals surface area (Å²) >= 11 is 0. The molecule has 0 N–H and O–H groups in total. The van der Waals surface area contributed by atoms with E-state index < -0.39 is 35.8 Å². The largest absolute Gasteiger partial charge is 0.469 e. The van der Waals surface area contributed by atoms with Crippen molar-refractivity contribution in [2.75, 3.05) is 14.2 Å². The van der Waals surface area contributed by atoms with E-state index in [-0.39, 0.29) is 0 Å². The van der Waals surface area contributed by atoms with E-state index in [1.165, 1.54) is 21.1 Å². The second kappa shape index (κ2) is 8.68. The predicted octanol–water partition coefficient (Wildman–Crippen LogP) is 2.73. The minimum Gasteiger partial charge on any atom is -0.469 e. The smallest absolute Gasteiger partial charge is 0.315 e. The lowest BCUT2D eigenvalue weighted by atomic mass is 9.82. The average Bonchev–Trinajstić information content (AvgIpc) is 3.14. The zero-order valence-electron chi connectivity index (χ0n) is 16.3. The van der Waals surface area contributed by atoms with E-state index in [9.17, 15) is 14.4 Å². The summed E-state index contributed by atoms with van der Waals surface area (Å²) in [4.78, 5) is 41.1. The monoisotopic (exact) mass is 395 g/mol. The van der Waals surface area contributed by atoms with Gasteiger partial charge in [-0.25, -0.2) is 0 Å². The normalized spacial score (nSPS) is 20.5. The maximum absolute atomic E-state index is 12.6. The van der Waals surface area contributed by atoms with Crippen molar-refractivity contribution >= 4 is 23.6 Å². The fraction of sp³-hybridized carbons (Fsp3) is 0.273. The fourth-order valence-corrected chi connectivity index (χ4v) is 3.49. The van der Waals surface area contributed by atoms with Gasteiger partial charge in [-0.3, -0.25) is 19.4 Å². The molecule has 3 atom stereocenters. The topological polar surface area (TPSA) is 91.3 Å². The first kappa shape index (κ1) is 20.3. The van der Waals surface area contributed by atoms with E-state index >= 15 is 0 Å². The molecule has 2 aromatic rings. The number of rotatable bonds is 5. The number of carbonyl (C=O) groups is 3. The minimum atomic E-state index is -0.919. The van der Waals surface area contributed by atoms with Crippen LogP contribution in [0.4, 0.5) is 0 Å². The van der Waals surface area contributed by atoms with Gasteiger partial charge in [0.05, 0.1) is 26.0 Å². The van der Waals surface area contributed by atoms with Crippen LogP contribution < -0.4 is 4.74 Å².